The van der Waals surface area contributed by atoms with Crippen LogP contribution < -0.4 is 11.1 Å². The second-order valence-electron chi connectivity index (χ2n) is 5.23. The van der Waals surface area contributed by atoms with Crippen molar-refractivity contribution in [3.63, 3.8) is 0 Å². The van der Waals surface area contributed by atoms with Crippen LogP contribution in [0.2, 0.25) is 0 Å². The number of hydrogen-bond acceptors (Lipinski definition) is 4. The van der Waals surface area contributed by atoms with E-state index in [9.17, 15) is 0 Å². The van der Waals surface area contributed by atoms with Crippen molar-refractivity contribution in [2.45, 2.75) is 13.0 Å². The monoisotopic (exact) mass is 449 g/mol. The highest BCUT2D eigenvalue weighted by Crippen LogP contribution is 2.15. The second-order valence-corrected chi connectivity index (χ2v) is 5.23. The van der Waals surface area contributed by atoms with Gasteiger partial charge in [0, 0.05) is 30.4 Å². The van der Waals surface area contributed by atoms with Crippen LogP contribution in [0.5, 0.6) is 0 Å². The lowest BCUT2D eigenvalue weighted by Gasteiger charge is -2.06. The van der Waals surface area contributed by atoms with E-state index in [1.54, 1.807) is 6.20 Å². The molecule has 0 atom stereocenters. The molecule has 0 spiro atoms. The molecule has 0 amide bonds. The van der Waals surface area contributed by atoms with Gasteiger partial charge in [-0.05, 0) is 23.8 Å². The third-order valence-electron chi connectivity index (χ3n) is 3.46. The summed E-state index contributed by atoms with van der Waals surface area (Å²) in [4.78, 5) is 12.8. The zero-order valence-electron chi connectivity index (χ0n) is 13.6. The Morgan fingerprint density at radius 3 is 2.84 bits per heavy atom. The quantitative estimate of drug-likeness (QED) is 0.304. The molecular formula is C17H20IN7. The maximum absolute atomic E-state index is 5.91. The minimum absolute atomic E-state index is 0. The van der Waals surface area contributed by atoms with Gasteiger partial charge in [-0.15, -0.1) is 24.0 Å². The Morgan fingerprint density at radius 2 is 2.08 bits per heavy atom. The molecule has 8 heteroatoms. The molecule has 2 aromatic heterocycles. The third-order valence-corrected chi connectivity index (χ3v) is 3.46. The van der Waals surface area contributed by atoms with E-state index >= 15 is 0 Å². The molecule has 0 unspecified atom stereocenters. The summed E-state index contributed by atoms with van der Waals surface area (Å²) in [7, 11) is 0. The van der Waals surface area contributed by atoms with E-state index in [0.717, 1.165) is 29.1 Å². The molecule has 0 bridgehead atoms. The SMILES string of the molecule is I.NC(=NCc1cccc(-c2ncn[nH]2)c1)NCCc1ccccn1. The molecule has 1 aromatic carbocycles. The van der Waals surface area contributed by atoms with Crippen LogP contribution in [0, 0.1) is 0 Å². The molecule has 3 aromatic rings. The molecule has 0 radical (unpaired) electrons. The predicted molar refractivity (Wildman–Crippen MR) is 109 cm³/mol. The summed E-state index contributed by atoms with van der Waals surface area (Å²) in [6.45, 7) is 1.20. The number of aliphatic imine (C=N–C) groups is 1. The average molecular weight is 449 g/mol. The fourth-order valence-electron chi connectivity index (χ4n) is 2.26. The van der Waals surface area contributed by atoms with Crippen molar-refractivity contribution < 1.29 is 0 Å². The molecule has 130 valence electrons. The van der Waals surface area contributed by atoms with Crippen molar-refractivity contribution in [2.75, 3.05) is 6.54 Å². The van der Waals surface area contributed by atoms with E-state index in [-0.39, 0.29) is 24.0 Å². The first kappa shape index (κ1) is 18.8. The van der Waals surface area contributed by atoms with Crippen LogP contribution in [0.15, 0.2) is 60.0 Å². The molecule has 4 N–H and O–H groups in total. The number of rotatable bonds is 6. The zero-order chi connectivity index (χ0) is 16.6. The van der Waals surface area contributed by atoms with E-state index < -0.39 is 0 Å². The van der Waals surface area contributed by atoms with Gasteiger partial charge in [0.25, 0.3) is 0 Å². The first-order chi connectivity index (χ1) is 11.8. The van der Waals surface area contributed by atoms with Crippen LogP contribution in [0.25, 0.3) is 11.4 Å². The first-order valence-corrected chi connectivity index (χ1v) is 7.69. The van der Waals surface area contributed by atoms with Crippen molar-refractivity contribution in [3.8, 4) is 11.4 Å². The van der Waals surface area contributed by atoms with Crippen LogP contribution in [0.3, 0.4) is 0 Å². The van der Waals surface area contributed by atoms with Crippen molar-refractivity contribution >= 4 is 29.9 Å². The van der Waals surface area contributed by atoms with E-state index in [0.29, 0.717) is 19.0 Å². The lowest BCUT2D eigenvalue weighted by Crippen LogP contribution is -2.33. The highest BCUT2D eigenvalue weighted by atomic mass is 127. The Labute approximate surface area is 163 Å². The van der Waals surface area contributed by atoms with E-state index in [2.05, 4.69) is 30.5 Å². The second kappa shape index (κ2) is 9.72. The highest BCUT2D eigenvalue weighted by Gasteiger charge is 2.02. The van der Waals surface area contributed by atoms with Gasteiger partial charge in [0.15, 0.2) is 11.8 Å². The largest absolute Gasteiger partial charge is 0.370 e. The molecule has 2 heterocycles. The van der Waals surface area contributed by atoms with Crippen LogP contribution in [0.1, 0.15) is 11.3 Å². The Hall–Kier alpha value is -2.49. The molecule has 7 nitrogen and oxygen atoms in total. The minimum atomic E-state index is 0. The topological polar surface area (TPSA) is 105 Å². The zero-order valence-corrected chi connectivity index (χ0v) is 15.9. The van der Waals surface area contributed by atoms with Gasteiger partial charge in [0.05, 0.1) is 6.54 Å². The van der Waals surface area contributed by atoms with Crippen molar-refractivity contribution in [2.24, 2.45) is 10.7 Å². The number of nitrogens with one attached hydrogen (secondary N) is 2. The van der Waals surface area contributed by atoms with Gasteiger partial charge in [-0.25, -0.2) is 9.98 Å². The van der Waals surface area contributed by atoms with Gasteiger partial charge in [0.1, 0.15) is 6.33 Å². The lowest BCUT2D eigenvalue weighted by molar-refractivity contribution is 0.827. The van der Waals surface area contributed by atoms with Crippen LogP contribution >= 0.6 is 24.0 Å². The number of aromatic amines is 1. The maximum Gasteiger partial charge on any atom is 0.188 e. The Balaban J connectivity index is 0.00000225. The van der Waals surface area contributed by atoms with Crippen molar-refractivity contribution in [1.29, 1.82) is 0 Å². The number of benzene rings is 1. The van der Waals surface area contributed by atoms with Crippen LogP contribution in [-0.2, 0) is 13.0 Å². The molecule has 0 fully saturated rings. The minimum Gasteiger partial charge on any atom is -0.370 e. The molecule has 3 rings (SSSR count). The fourth-order valence-corrected chi connectivity index (χ4v) is 2.26. The fraction of sp³-hybridized carbons (Fsp3) is 0.176. The lowest BCUT2D eigenvalue weighted by atomic mass is 10.1. The number of pyridine rings is 1. The van der Waals surface area contributed by atoms with Gasteiger partial charge < -0.3 is 11.1 Å². The number of nitrogens with two attached hydrogens (primary N) is 1. The van der Waals surface area contributed by atoms with Crippen molar-refractivity contribution in [1.82, 2.24) is 25.5 Å². The molecule has 25 heavy (non-hydrogen) atoms. The third kappa shape index (κ3) is 5.82. The van der Waals surface area contributed by atoms with E-state index in [1.165, 1.54) is 6.33 Å². The Bertz CT molecular complexity index is 788. The molecule has 0 aliphatic carbocycles. The molecule has 0 aliphatic heterocycles. The highest BCUT2D eigenvalue weighted by molar-refractivity contribution is 14.0. The number of nitrogens with zero attached hydrogens (tertiary/aromatic N) is 4. The van der Waals surface area contributed by atoms with Gasteiger partial charge in [-0.2, -0.15) is 5.10 Å². The smallest absolute Gasteiger partial charge is 0.188 e. The van der Waals surface area contributed by atoms with Crippen LogP contribution in [0.4, 0.5) is 0 Å². The molecular weight excluding hydrogens is 429 g/mol. The summed E-state index contributed by atoms with van der Waals surface area (Å²) < 4.78 is 0. The summed E-state index contributed by atoms with van der Waals surface area (Å²) in [5.74, 6) is 1.17. The molecule has 0 aliphatic rings. The van der Waals surface area contributed by atoms with Gasteiger partial charge in [-0.1, -0.05) is 24.3 Å². The first-order valence-electron chi connectivity index (χ1n) is 7.69. The van der Waals surface area contributed by atoms with E-state index in [4.69, 9.17) is 5.73 Å². The average Bonchev–Trinajstić information content (AvgIpc) is 3.16. The Morgan fingerprint density at radius 1 is 1.16 bits per heavy atom. The van der Waals surface area contributed by atoms with Crippen molar-refractivity contribution in [3.05, 3.63) is 66.2 Å². The van der Waals surface area contributed by atoms with Gasteiger partial charge in [0.2, 0.25) is 0 Å². The van der Waals surface area contributed by atoms with Crippen LogP contribution in [-0.4, -0.2) is 32.7 Å². The Kier molecular flexibility index (Phi) is 7.33. The van der Waals surface area contributed by atoms with E-state index in [1.807, 2.05) is 42.5 Å². The predicted octanol–water partition coefficient (Wildman–Crippen LogP) is 2.13. The summed E-state index contributed by atoms with van der Waals surface area (Å²) in [5.41, 5.74) is 8.96. The number of guanidine groups is 1. The summed E-state index contributed by atoms with van der Waals surface area (Å²) >= 11 is 0. The normalized spacial score (nSPS) is 11.0. The number of halogens is 1. The summed E-state index contributed by atoms with van der Waals surface area (Å²) in [6.07, 6.45) is 4.08. The summed E-state index contributed by atoms with van der Waals surface area (Å²) in [5, 5.41) is 9.81. The number of aromatic nitrogens is 4. The number of hydrogen-bond donors (Lipinski definition) is 3. The number of H-pyrrole nitrogens is 1. The van der Waals surface area contributed by atoms with Gasteiger partial charge in [-0.3, -0.25) is 10.1 Å². The molecule has 0 saturated heterocycles. The van der Waals surface area contributed by atoms with Gasteiger partial charge >= 0.3 is 0 Å². The maximum atomic E-state index is 5.91. The molecule has 0 saturated carbocycles. The summed E-state index contributed by atoms with van der Waals surface area (Å²) in [6, 6.07) is 13.8. The standard InChI is InChI=1S/C17H19N7.HI/c18-17(20-9-7-15-6-1-2-8-19-15)21-11-13-4-3-5-14(10-13)16-22-12-23-24-16;/h1-6,8,10,12H,7,9,11H2,(H3,18,20,21)(H,22,23,24);1H.